The summed E-state index contributed by atoms with van der Waals surface area (Å²) in [6.45, 7) is 2.47. The topological polar surface area (TPSA) is 94.6 Å². The minimum atomic E-state index is -0.205. The molecule has 2 amide bonds. The predicted octanol–water partition coefficient (Wildman–Crippen LogP) is 3.47. The van der Waals surface area contributed by atoms with E-state index in [0.29, 0.717) is 16.9 Å². The molecule has 1 saturated heterocycles. The number of anilines is 3. The van der Waals surface area contributed by atoms with E-state index in [-0.39, 0.29) is 24.5 Å². The molecule has 1 aliphatic heterocycles. The van der Waals surface area contributed by atoms with Crippen molar-refractivity contribution >= 4 is 49.9 Å². The SMILES string of the molecule is CC(=O)Nc1ccc(NC(=O)c2ccc3nc(N4CCCC4CO)sc3c2)cc1. The molecule has 3 N–H and O–H groups in total. The lowest BCUT2D eigenvalue weighted by Crippen LogP contribution is -2.31. The number of hydrogen-bond donors (Lipinski definition) is 3. The zero-order valence-corrected chi connectivity index (χ0v) is 16.8. The molecule has 1 unspecified atom stereocenters. The zero-order valence-electron chi connectivity index (χ0n) is 16.0. The second-order valence-electron chi connectivity index (χ2n) is 7.06. The molecule has 4 rings (SSSR count). The summed E-state index contributed by atoms with van der Waals surface area (Å²) in [6.07, 6.45) is 2.02. The van der Waals surface area contributed by atoms with Crippen molar-refractivity contribution in [3.63, 3.8) is 0 Å². The molecule has 3 aromatic rings. The molecule has 0 radical (unpaired) electrons. The summed E-state index contributed by atoms with van der Waals surface area (Å²) in [4.78, 5) is 30.6. The number of fused-ring (bicyclic) bond motifs is 1. The van der Waals surface area contributed by atoms with Crippen LogP contribution in [0.3, 0.4) is 0 Å². The number of amides is 2. The average molecular weight is 410 g/mol. The van der Waals surface area contributed by atoms with Crippen LogP contribution in [0.15, 0.2) is 42.5 Å². The Morgan fingerprint density at radius 3 is 2.59 bits per heavy atom. The molecule has 2 aromatic carbocycles. The average Bonchev–Trinajstić information content (AvgIpc) is 3.34. The van der Waals surface area contributed by atoms with Gasteiger partial charge < -0.3 is 20.6 Å². The highest BCUT2D eigenvalue weighted by molar-refractivity contribution is 7.22. The van der Waals surface area contributed by atoms with Gasteiger partial charge in [0.25, 0.3) is 5.91 Å². The molecule has 1 atom stereocenters. The molecule has 0 saturated carbocycles. The molecule has 150 valence electrons. The quantitative estimate of drug-likeness (QED) is 0.599. The van der Waals surface area contributed by atoms with E-state index in [1.807, 2.05) is 12.1 Å². The van der Waals surface area contributed by atoms with Crippen molar-refractivity contribution in [3.05, 3.63) is 48.0 Å². The van der Waals surface area contributed by atoms with Crippen molar-refractivity contribution in [2.24, 2.45) is 0 Å². The van der Waals surface area contributed by atoms with Crippen LogP contribution in [0.25, 0.3) is 10.2 Å². The van der Waals surface area contributed by atoms with Crippen molar-refractivity contribution in [1.82, 2.24) is 4.98 Å². The number of carbonyl (C=O) groups is 2. The second kappa shape index (κ2) is 8.18. The first-order chi connectivity index (χ1) is 14.0. The lowest BCUT2D eigenvalue weighted by molar-refractivity contribution is -0.114. The highest BCUT2D eigenvalue weighted by atomic mass is 32.1. The number of thiazole rings is 1. The second-order valence-corrected chi connectivity index (χ2v) is 8.07. The molecule has 1 fully saturated rings. The number of aliphatic hydroxyl groups is 1. The summed E-state index contributed by atoms with van der Waals surface area (Å²) in [5.41, 5.74) is 2.73. The van der Waals surface area contributed by atoms with Gasteiger partial charge in [-0.05, 0) is 55.3 Å². The first kappa shape index (κ1) is 19.4. The van der Waals surface area contributed by atoms with E-state index in [1.54, 1.807) is 41.7 Å². The molecule has 0 aliphatic carbocycles. The fourth-order valence-electron chi connectivity index (χ4n) is 3.50. The van der Waals surface area contributed by atoms with Gasteiger partial charge in [0.05, 0.1) is 22.9 Å². The van der Waals surface area contributed by atoms with E-state index in [1.165, 1.54) is 6.92 Å². The number of carbonyl (C=O) groups excluding carboxylic acids is 2. The first-order valence-electron chi connectivity index (χ1n) is 9.50. The number of aliphatic hydroxyl groups excluding tert-OH is 1. The molecule has 1 aliphatic rings. The number of rotatable bonds is 5. The van der Waals surface area contributed by atoms with Crippen LogP contribution in [-0.2, 0) is 4.79 Å². The van der Waals surface area contributed by atoms with Gasteiger partial charge in [0.2, 0.25) is 5.91 Å². The Bertz CT molecular complexity index is 1050. The Morgan fingerprint density at radius 1 is 1.17 bits per heavy atom. The van der Waals surface area contributed by atoms with Gasteiger partial charge in [0, 0.05) is 30.4 Å². The molecule has 8 heteroatoms. The lowest BCUT2D eigenvalue weighted by atomic mass is 10.2. The fraction of sp³-hybridized carbons (Fsp3) is 0.286. The molecule has 29 heavy (non-hydrogen) atoms. The predicted molar refractivity (Wildman–Crippen MR) is 116 cm³/mol. The maximum absolute atomic E-state index is 12.6. The van der Waals surface area contributed by atoms with Crippen molar-refractivity contribution in [1.29, 1.82) is 0 Å². The molecule has 0 bridgehead atoms. The first-order valence-corrected chi connectivity index (χ1v) is 10.3. The normalized spacial score (nSPS) is 16.2. The minimum absolute atomic E-state index is 0.124. The Labute approximate surface area is 172 Å². The van der Waals surface area contributed by atoms with Crippen LogP contribution in [0.4, 0.5) is 16.5 Å². The van der Waals surface area contributed by atoms with Crippen molar-refractivity contribution < 1.29 is 14.7 Å². The van der Waals surface area contributed by atoms with Crippen LogP contribution in [-0.4, -0.2) is 41.1 Å². The van der Waals surface area contributed by atoms with Crippen LogP contribution in [0.1, 0.15) is 30.1 Å². The van der Waals surface area contributed by atoms with Gasteiger partial charge in [-0.25, -0.2) is 4.98 Å². The van der Waals surface area contributed by atoms with E-state index in [4.69, 9.17) is 0 Å². The van der Waals surface area contributed by atoms with Crippen LogP contribution in [0, 0.1) is 0 Å². The van der Waals surface area contributed by atoms with Crippen LogP contribution in [0.2, 0.25) is 0 Å². The third-order valence-corrected chi connectivity index (χ3v) is 5.99. The fourth-order valence-corrected chi connectivity index (χ4v) is 4.60. The van der Waals surface area contributed by atoms with E-state index in [0.717, 1.165) is 34.7 Å². The molecule has 0 spiro atoms. The number of benzene rings is 2. The number of nitrogens with one attached hydrogen (secondary N) is 2. The van der Waals surface area contributed by atoms with Gasteiger partial charge in [0.15, 0.2) is 5.13 Å². The Balaban J connectivity index is 1.50. The monoisotopic (exact) mass is 410 g/mol. The third kappa shape index (κ3) is 4.23. The van der Waals surface area contributed by atoms with Crippen LogP contribution < -0.4 is 15.5 Å². The van der Waals surface area contributed by atoms with E-state index < -0.39 is 0 Å². The summed E-state index contributed by atoms with van der Waals surface area (Å²) in [6, 6.07) is 12.6. The largest absolute Gasteiger partial charge is 0.394 e. The molecule has 2 heterocycles. The Hall–Kier alpha value is -2.97. The summed E-state index contributed by atoms with van der Waals surface area (Å²) in [5.74, 6) is -0.346. The summed E-state index contributed by atoms with van der Waals surface area (Å²) in [7, 11) is 0. The highest BCUT2D eigenvalue weighted by Gasteiger charge is 2.26. The van der Waals surface area contributed by atoms with Crippen molar-refractivity contribution in [2.45, 2.75) is 25.8 Å². The standard InChI is InChI=1S/C21H22N4O3S/c1-13(27)22-15-5-7-16(8-6-15)23-20(28)14-4-9-18-19(11-14)29-21(24-18)25-10-2-3-17(25)12-26/h4-9,11,17,26H,2-3,10,12H2,1H3,(H,22,27)(H,23,28). The maximum Gasteiger partial charge on any atom is 0.255 e. The minimum Gasteiger partial charge on any atom is -0.394 e. The van der Waals surface area contributed by atoms with Crippen LogP contribution in [0.5, 0.6) is 0 Å². The summed E-state index contributed by atoms with van der Waals surface area (Å²) < 4.78 is 0.942. The summed E-state index contributed by atoms with van der Waals surface area (Å²) >= 11 is 1.54. The highest BCUT2D eigenvalue weighted by Crippen LogP contribution is 2.33. The van der Waals surface area contributed by atoms with Crippen molar-refractivity contribution in [2.75, 3.05) is 28.7 Å². The van der Waals surface area contributed by atoms with Gasteiger partial charge in [-0.3, -0.25) is 9.59 Å². The van der Waals surface area contributed by atoms with E-state index >= 15 is 0 Å². The smallest absolute Gasteiger partial charge is 0.255 e. The van der Waals surface area contributed by atoms with Gasteiger partial charge in [-0.1, -0.05) is 11.3 Å². The van der Waals surface area contributed by atoms with Gasteiger partial charge >= 0.3 is 0 Å². The van der Waals surface area contributed by atoms with E-state index in [2.05, 4.69) is 20.5 Å². The lowest BCUT2D eigenvalue weighted by Gasteiger charge is -2.21. The van der Waals surface area contributed by atoms with Crippen LogP contribution >= 0.6 is 11.3 Å². The Morgan fingerprint density at radius 2 is 1.90 bits per heavy atom. The Kier molecular flexibility index (Phi) is 5.46. The molecule has 7 nitrogen and oxygen atoms in total. The number of nitrogens with zero attached hydrogens (tertiary/aromatic N) is 2. The summed E-state index contributed by atoms with van der Waals surface area (Å²) in [5, 5.41) is 16.0. The van der Waals surface area contributed by atoms with E-state index in [9.17, 15) is 14.7 Å². The molecule has 1 aromatic heterocycles. The molecular formula is C21H22N4O3S. The van der Waals surface area contributed by atoms with Crippen molar-refractivity contribution in [3.8, 4) is 0 Å². The zero-order chi connectivity index (χ0) is 20.4. The molecular weight excluding hydrogens is 388 g/mol. The number of hydrogen-bond acceptors (Lipinski definition) is 6. The number of aromatic nitrogens is 1. The maximum atomic E-state index is 12.6. The van der Waals surface area contributed by atoms with Gasteiger partial charge in [0.1, 0.15) is 0 Å². The van der Waals surface area contributed by atoms with Gasteiger partial charge in [-0.15, -0.1) is 0 Å². The van der Waals surface area contributed by atoms with Gasteiger partial charge in [-0.2, -0.15) is 0 Å². The third-order valence-electron chi connectivity index (χ3n) is 4.94.